The maximum atomic E-state index is 12.3. The highest BCUT2D eigenvalue weighted by Crippen LogP contribution is 2.47. The van der Waals surface area contributed by atoms with Gasteiger partial charge < -0.3 is 10.1 Å². The summed E-state index contributed by atoms with van der Waals surface area (Å²) in [6.45, 7) is 0.357. The van der Waals surface area contributed by atoms with Gasteiger partial charge in [-0.15, -0.1) is 0 Å². The molecule has 1 aliphatic rings. The molecule has 3 rings (SSSR count). The first-order chi connectivity index (χ1) is 11.9. The summed E-state index contributed by atoms with van der Waals surface area (Å²) in [6, 6.07) is 13.9. The van der Waals surface area contributed by atoms with Crippen LogP contribution >= 0.6 is 0 Å². The number of nitrogens with one attached hydrogen (secondary N) is 1. The fourth-order valence-electron chi connectivity index (χ4n) is 2.82. The van der Waals surface area contributed by atoms with Crippen LogP contribution in [-0.4, -0.2) is 21.4 Å². The Morgan fingerprint density at radius 3 is 2.36 bits per heavy atom. The fourth-order valence-corrected chi connectivity index (χ4v) is 3.34. The van der Waals surface area contributed by atoms with E-state index in [1.54, 1.807) is 19.2 Å². The van der Waals surface area contributed by atoms with Gasteiger partial charge in [0.15, 0.2) is 0 Å². The molecule has 1 fully saturated rings. The molecular weight excluding hydrogens is 340 g/mol. The van der Waals surface area contributed by atoms with Gasteiger partial charge in [-0.3, -0.25) is 4.79 Å². The number of sulfonamides is 1. The molecule has 0 radical (unpaired) electrons. The summed E-state index contributed by atoms with van der Waals surface area (Å²) in [5.74, 6) is 1.04. The Hall–Kier alpha value is -2.38. The molecule has 1 saturated carbocycles. The Kier molecular flexibility index (Phi) is 4.78. The maximum absolute atomic E-state index is 12.3. The van der Waals surface area contributed by atoms with E-state index < -0.39 is 10.0 Å². The largest absolute Gasteiger partial charge is 0.497 e. The van der Waals surface area contributed by atoms with Crippen LogP contribution in [0.15, 0.2) is 53.4 Å². The third kappa shape index (κ3) is 4.18. The zero-order valence-corrected chi connectivity index (χ0v) is 14.6. The number of hydrogen-bond acceptors (Lipinski definition) is 4. The molecular formula is C18H20N2O4S. The monoisotopic (exact) mass is 360 g/mol. The van der Waals surface area contributed by atoms with Crippen molar-refractivity contribution in [2.24, 2.45) is 11.1 Å². The van der Waals surface area contributed by atoms with Crippen molar-refractivity contribution in [3.63, 3.8) is 0 Å². The van der Waals surface area contributed by atoms with Crippen molar-refractivity contribution in [3.8, 4) is 5.75 Å². The Morgan fingerprint density at radius 1 is 1.16 bits per heavy atom. The second kappa shape index (κ2) is 6.85. The van der Waals surface area contributed by atoms with Crippen LogP contribution in [0.3, 0.4) is 0 Å². The molecule has 1 amide bonds. The molecule has 2 aromatic carbocycles. The first kappa shape index (κ1) is 17.4. The topological polar surface area (TPSA) is 98.5 Å². The van der Waals surface area contributed by atoms with E-state index in [2.05, 4.69) is 5.32 Å². The van der Waals surface area contributed by atoms with Crippen molar-refractivity contribution in [1.29, 1.82) is 0 Å². The average molecular weight is 360 g/mol. The molecule has 0 aromatic heterocycles. The highest BCUT2D eigenvalue weighted by atomic mass is 32.2. The van der Waals surface area contributed by atoms with E-state index in [4.69, 9.17) is 9.88 Å². The molecule has 0 bridgehead atoms. The molecule has 0 heterocycles. The van der Waals surface area contributed by atoms with Gasteiger partial charge in [0.25, 0.3) is 0 Å². The standard InChI is InChI=1S/C18H20N2O4S/c1-24-14-6-4-13(5-7-14)16-10-17(16)18(21)20-11-12-2-8-15(9-3-12)25(19,22)23/h2-9,16-17H,10-11H2,1H3,(H,20,21)(H2,19,22,23). The zero-order valence-electron chi connectivity index (χ0n) is 13.8. The number of nitrogens with two attached hydrogens (primary N) is 1. The quantitative estimate of drug-likeness (QED) is 0.820. The average Bonchev–Trinajstić information content (AvgIpc) is 3.40. The van der Waals surface area contributed by atoms with Crippen LogP contribution in [0.2, 0.25) is 0 Å². The van der Waals surface area contributed by atoms with Crippen molar-refractivity contribution in [2.75, 3.05) is 7.11 Å². The molecule has 2 unspecified atom stereocenters. The molecule has 2 aromatic rings. The van der Waals surface area contributed by atoms with Crippen LogP contribution in [0.4, 0.5) is 0 Å². The minimum atomic E-state index is -3.69. The Bertz CT molecular complexity index is 861. The van der Waals surface area contributed by atoms with Crippen LogP contribution in [0.5, 0.6) is 5.75 Å². The van der Waals surface area contributed by atoms with Gasteiger partial charge in [-0.05, 0) is 47.7 Å². The molecule has 25 heavy (non-hydrogen) atoms. The van der Waals surface area contributed by atoms with Crippen LogP contribution in [0.25, 0.3) is 0 Å². The SMILES string of the molecule is COc1ccc(C2CC2C(=O)NCc2ccc(S(N)(=O)=O)cc2)cc1. The zero-order chi connectivity index (χ0) is 18.0. The maximum Gasteiger partial charge on any atom is 0.238 e. The molecule has 7 heteroatoms. The third-order valence-corrected chi connectivity index (χ3v) is 5.32. The second-order valence-corrected chi connectivity index (χ2v) is 7.69. The minimum Gasteiger partial charge on any atom is -0.497 e. The fraction of sp³-hybridized carbons (Fsp3) is 0.278. The van der Waals surface area contributed by atoms with Gasteiger partial charge >= 0.3 is 0 Å². The van der Waals surface area contributed by atoms with Crippen molar-refractivity contribution in [2.45, 2.75) is 23.8 Å². The Morgan fingerprint density at radius 2 is 1.80 bits per heavy atom. The van der Waals surface area contributed by atoms with Crippen LogP contribution in [-0.2, 0) is 21.4 Å². The number of benzene rings is 2. The molecule has 0 spiro atoms. The number of carbonyl (C=O) groups is 1. The summed E-state index contributed by atoms with van der Waals surface area (Å²) >= 11 is 0. The summed E-state index contributed by atoms with van der Waals surface area (Å²) in [5, 5.41) is 7.96. The lowest BCUT2D eigenvalue weighted by atomic mass is 10.1. The number of ether oxygens (including phenoxy) is 1. The summed E-state index contributed by atoms with van der Waals surface area (Å²) in [5.41, 5.74) is 1.96. The summed E-state index contributed by atoms with van der Waals surface area (Å²) in [4.78, 5) is 12.3. The Labute approximate surface area is 147 Å². The van der Waals surface area contributed by atoms with Gasteiger partial charge in [-0.2, -0.15) is 0 Å². The minimum absolute atomic E-state index is 0.0105. The van der Waals surface area contributed by atoms with Gasteiger partial charge in [0.1, 0.15) is 5.75 Å². The summed E-state index contributed by atoms with van der Waals surface area (Å²) in [6.07, 6.45) is 0.836. The number of primary sulfonamides is 1. The molecule has 2 atom stereocenters. The molecule has 0 aliphatic heterocycles. The lowest BCUT2D eigenvalue weighted by Gasteiger charge is -2.07. The van der Waals surface area contributed by atoms with E-state index in [-0.39, 0.29) is 22.6 Å². The van der Waals surface area contributed by atoms with Crippen LogP contribution < -0.4 is 15.2 Å². The molecule has 132 valence electrons. The predicted octanol–water partition coefficient (Wildman–Crippen LogP) is 1.76. The normalized spacial score (nSPS) is 19.3. The number of methoxy groups -OCH3 is 1. The lowest BCUT2D eigenvalue weighted by molar-refractivity contribution is -0.122. The number of rotatable bonds is 6. The van der Waals surface area contributed by atoms with E-state index in [1.807, 2.05) is 24.3 Å². The number of amides is 1. The Balaban J connectivity index is 1.53. The lowest BCUT2D eigenvalue weighted by Crippen LogP contribution is -2.24. The molecule has 0 saturated heterocycles. The molecule has 1 aliphatic carbocycles. The summed E-state index contributed by atoms with van der Waals surface area (Å²) in [7, 11) is -2.07. The van der Waals surface area contributed by atoms with Crippen molar-refractivity contribution < 1.29 is 17.9 Å². The number of hydrogen-bond donors (Lipinski definition) is 2. The first-order valence-electron chi connectivity index (χ1n) is 7.92. The third-order valence-electron chi connectivity index (χ3n) is 4.39. The smallest absolute Gasteiger partial charge is 0.238 e. The highest BCUT2D eigenvalue weighted by molar-refractivity contribution is 7.89. The van der Waals surface area contributed by atoms with Gasteiger partial charge in [0.2, 0.25) is 15.9 Å². The van der Waals surface area contributed by atoms with Crippen molar-refractivity contribution in [3.05, 3.63) is 59.7 Å². The molecule has 6 nitrogen and oxygen atoms in total. The summed E-state index contributed by atoms with van der Waals surface area (Å²) < 4.78 is 27.6. The highest BCUT2D eigenvalue weighted by Gasteiger charge is 2.43. The van der Waals surface area contributed by atoms with Crippen molar-refractivity contribution in [1.82, 2.24) is 5.32 Å². The first-order valence-corrected chi connectivity index (χ1v) is 9.46. The van der Waals surface area contributed by atoms with Gasteiger partial charge in [0, 0.05) is 12.5 Å². The van der Waals surface area contributed by atoms with E-state index in [0.717, 1.165) is 23.3 Å². The van der Waals surface area contributed by atoms with Crippen LogP contribution in [0.1, 0.15) is 23.5 Å². The number of carbonyl (C=O) groups excluding carboxylic acids is 1. The van der Waals surface area contributed by atoms with E-state index >= 15 is 0 Å². The van der Waals surface area contributed by atoms with E-state index in [1.165, 1.54) is 12.1 Å². The van der Waals surface area contributed by atoms with Crippen molar-refractivity contribution >= 4 is 15.9 Å². The van der Waals surface area contributed by atoms with Crippen LogP contribution in [0, 0.1) is 5.92 Å². The van der Waals surface area contributed by atoms with Gasteiger partial charge in [-0.1, -0.05) is 24.3 Å². The second-order valence-electron chi connectivity index (χ2n) is 6.13. The molecule has 3 N–H and O–H groups in total. The van der Waals surface area contributed by atoms with Gasteiger partial charge in [0.05, 0.1) is 12.0 Å². The van der Waals surface area contributed by atoms with Gasteiger partial charge in [-0.25, -0.2) is 13.6 Å². The predicted molar refractivity (Wildman–Crippen MR) is 93.5 cm³/mol. The van der Waals surface area contributed by atoms with E-state index in [9.17, 15) is 13.2 Å². The van der Waals surface area contributed by atoms with E-state index in [0.29, 0.717) is 6.54 Å².